The lowest BCUT2D eigenvalue weighted by atomic mass is 10.2. The van der Waals surface area contributed by atoms with Crippen molar-refractivity contribution >= 4 is 15.7 Å². The number of nitrogens with zero attached hydrogens (tertiary/aromatic N) is 1. The molecule has 1 fully saturated rings. The Morgan fingerprint density at radius 1 is 1.21 bits per heavy atom. The molecule has 1 heterocycles. The fourth-order valence-electron chi connectivity index (χ4n) is 2.09. The van der Waals surface area contributed by atoms with Crippen LogP contribution in [0.1, 0.15) is 16.8 Å². The van der Waals surface area contributed by atoms with Gasteiger partial charge in [0.1, 0.15) is 0 Å². The zero-order chi connectivity index (χ0) is 13.9. The van der Waals surface area contributed by atoms with E-state index in [0.717, 1.165) is 12.7 Å². The van der Waals surface area contributed by atoms with Crippen molar-refractivity contribution in [3.05, 3.63) is 29.8 Å². The van der Waals surface area contributed by atoms with Crippen molar-refractivity contribution in [2.75, 3.05) is 32.6 Å². The molecule has 0 aliphatic carbocycles. The molecule has 2 rings (SSSR count). The van der Waals surface area contributed by atoms with E-state index in [4.69, 9.17) is 4.74 Å². The van der Waals surface area contributed by atoms with Crippen molar-refractivity contribution in [3.63, 3.8) is 0 Å². The van der Waals surface area contributed by atoms with Gasteiger partial charge in [-0.2, -0.15) is 0 Å². The highest BCUT2D eigenvalue weighted by Crippen LogP contribution is 2.18. The normalized spacial score (nSPS) is 17.0. The van der Waals surface area contributed by atoms with Gasteiger partial charge in [0.15, 0.2) is 9.84 Å². The number of rotatable bonds is 2. The average molecular weight is 283 g/mol. The molecule has 5 nitrogen and oxygen atoms in total. The van der Waals surface area contributed by atoms with Crippen LogP contribution in [0.15, 0.2) is 29.2 Å². The highest BCUT2D eigenvalue weighted by molar-refractivity contribution is 7.90. The second-order valence-corrected chi connectivity index (χ2v) is 6.51. The smallest absolute Gasteiger partial charge is 0.255 e. The van der Waals surface area contributed by atoms with Gasteiger partial charge in [0.05, 0.1) is 17.1 Å². The first-order chi connectivity index (χ1) is 9.00. The highest BCUT2D eigenvalue weighted by Gasteiger charge is 2.23. The van der Waals surface area contributed by atoms with Crippen molar-refractivity contribution in [2.45, 2.75) is 11.3 Å². The Balaban J connectivity index is 2.33. The molecule has 1 aromatic rings. The van der Waals surface area contributed by atoms with Crippen LogP contribution in [0.4, 0.5) is 0 Å². The molecule has 6 heteroatoms. The summed E-state index contributed by atoms with van der Waals surface area (Å²) < 4.78 is 28.7. The Morgan fingerprint density at radius 2 is 1.95 bits per heavy atom. The van der Waals surface area contributed by atoms with Crippen LogP contribution in [0.5, 0.6) is 0 Å². The largest absolute Gasteiger partial charge is 0.380 e. The molecule has 0 aromatic heterocycles. The van der Waals surface area contributed by atoms with Crippen LogP contribution in [0.3, 0.4) is 0 Å². The van der Waals surface area contributed by atoms with E-state index in [9.17, 15) is 13.2 Å². The van der Waals surface area contributed by atoms with E-state index in [1.165, 1.54) is 6.07 Å². The third-order valence-corrected chi connectivity index (χ3v) is 4.18. The minimum Gasteiger partial charge on any atom is -0.380 e. The van der Waals surface area contributed by atoms with Crippen LogP contribution in [-0.4, -0.2) is 51.8 Å². The predicted molar refractivity (Wildman–Crippen MR) is 70.9 cm³/mol. The number of amides is 1. The Labute approximate surface area is 113 Å². The molecule has 1 amide bonds. The van der Waals surface area contributed by atoms with Crippen LogP contribution in [0, 0.1) is 0 Å². The van der Waals surface area contributed by atoms with Gasteiger partial charge in [0.25, 0.3) is 5.91 Å². The summed E-state index contributed by atoms with van der Waals surface area (Å²) in [6, 6.07) is 6.33. The quantitative estimate of drug-likeness (QED) is 0.811. The van der Waals surface area contributed by atoms with E-state index in [1.54, 1.807) is 23.1 Å². The number of carbonyl (C=O) groups excluding carboxylic acids is 1. The van der Waals surface area contributed by atoms with Crippen molar-refractivity contribution < 1.29 is 17.9 Å². The average Bonchev–Trinajstić information content (AvgIpc) is 2.66. The SMILES string of the molecule is CS(=O)(=O)c1ccccc1C(=O)N1CCCOCC1. The van der Waals surface area contributed by atoms with Crippen molar-refractivity contribution in [2.24, 2.45) is 0 Å². The van der Waals surface area contributed by atoms with Crippen LogP contribution in [0.25, 0.3) is 0 Å². The zero-order valence-electron chi connectivity index (χ0n) is 10.8. The number of ether oxygens (including phenoxy) is 1. The second kappa shape index (κ2) is 5.71. The lowest BCUT2D eigenvalue weighted by Gasteiger charge is -2.20. The van der Waals surface area contributed by atoms with Gasteiger partial charge < -0.3 is 9.64 Å². The summed E-state index contributed by atoms with van der Waals surface area (Å²) in [5.41, 5.74) is 0.243. The van der Waals surface area contributed by atoms with E-state index < -0.39 is 9.84 Å². The van der Waals surface area contributed by atoms with Gasteiger partial charge in [0.2, 0.25) is 0 Å². The van der Waals surface area contributed by atoms with Crippen molar-refractivity contribution in [1.29, 1.82) is 0 Å². The van der Waals surface area contributed by atoms with Crippen LogP contribution in [0.2, 0.25) is 0 Å². The molecule has 1 aromatic carbocycles. The maximum atomic E-state index is 12.4. The first-order valence-electron chi connectivity index (χ1n) is 6.16. The van der Waals surface area contributed by atoms with Crippen LogP contribution >= 0.6 is 0 Å². The molecule has 19 heavy (non-hydrogen) atoms. The molecule has 0 radical (unpaired) electrons. The Hall–Kier alpha value is -1.40. The summed E-state index contributed by atoms with van der Waals surface area (Å²) in [6.45, 7) is 2.22. The molecule has 1 saturated heterocycles. The molecule has 0 bridgehead atoms. The summed E-state index contributed by atoms with van der Waals surface area (Å²) in [5, 5.41) is 0. The highest BCUT2D eigenvalue weighted by atomic mass is 32.2. The van der Waals surface area contributed by atoms with E-state index in [-0.39, 0.29) is 16.4 Å². The molecule has 0 saturated carbocycles. The Morgan fingerprint density at radius 3 is 2.68 bits per heavy atom. The van der Waals surface area contributed by atoms with E-state index in [0.29, 0.717) is 26.3 Å². The lowest BCUT2D eigenvalue weighted by Crippen LogP contribution is -2.34. The molecule has 0 N–H and O–H groups in total. The molecule has 1 aliphatic rings. The molecule has 104 valence electrons. The van der Waals surface area contributed by atoms with Crippen LogP contribution in [-0.2, 0) is 14.6 Å². The fraction of sp³-hybridized carbons (Fsp3) is 0.462. The zero-order valence-corrected chi connectivity index (χ0v) is 11.6. The molecular formula is C13H17NO4S. The van der Waals surface area contributed by atoms with E-state index >= 15 is 0 Å². The number of hydrogen-bond acceptors (Lipinski definition) is 4. The summed E-state index contributed by atoms with van der Waals surface area (Å²) in [4.78, 5) is 14.2. The molecule has 0 atom stereocenters. The molecular weight excluding hydrogens is 266 g/mol. The first-order valence-corrected chi connectivity index (χ1v) is 8.05. The third kappa shape index (κ3) is 3.33. The van der Waals surface area contributed by atoms with Gasteiger partial charge in [-0.15, -0.1) is 0 Å². The monoisotopic (exact) mass is 283 g/mol. The van der Waals surface area contributed by atoms with E-state index in [1.807, 2.05) is 0 Å². The van der Waals surface area contributed by atoms with Gasteiger partial charge in [-0.05, 0) is 18.6 Å². The number of hydrogen-bond donors (Lipinski definition) is 0. The molecule has 0 spiro atoms. The van der Waals surface area contributed by atoms with Gasteiger partial charge in [-0.3, -0.25) is 4.79 Å². The fourth-order valence-corrected chi connectivity index (χ4v) is 2.97. The lowest BCUT2D eigenvalue weighted by molar-refractivity contribution is 0.0737. The maximum Gasteiger partial charge on any atom is 0.255 e. The summed E-state index contributed by atoms with van der Waals surface area (Å²) in [6.07, 6.45) is 1.89. The molecule has 0 unspecified atom stereocenters. The van der Waals surface area contributed by atoms with E-state index in [2.05, 4.69) is 0 Å². The minimum atomic E-state index is -3.41. The number of benzene rings is 1. The van der Waals surface area contributed by atoms with Gasteiger partial charge >= 0.3 is 0 Å². The number of carbonyl (C=O) groups is 1. The van der Waals surface area contributed by atoms with Crippen LogP contribution < -0.4 is 0 Å². The van der Waals surface area contributed by atoms with Gasteiger partial charge in [-0.25, -0.2) is 8.42 Å². The second-order valence-electron chi connectivity index (χ2n) is 4.53. The Bertz CT molecular complexity index is 560. The topological polar surface area (TPSA) is 63.7 Å². The molecule has 1 aliphatic heterocycles. The minimum absolute atomic E-state index is 0.0881. The first kappa shape index (κ1) is 14.0. The van der Waals surface area contributed by atoms with Crippen molar-refractivity contribution in [1.82, 2.24) is 4.90 Å². The third-order valence-electron chi connectivity index (χ3n) is 3.03. The standard InChI is InChI=1S/C13H17NO4S/c1-19(16,17)12-6-3-2-5-11(12)13(15)14-7-4-9-18-10-8-14/h2-3,5-6H,4,7-10H2,1H3. The Kier molecular flexibility index (Phi) is 4.21. The van der Waals surface area contributed by atoms with Gasteiger partial charge in [-0.1, -0.05) is 12.1 Å². The van der Waals surface area contributed by atoms with Crippen molar-refractivity contribution in [3.8, 4) is 0 Å². The maximum absolute atomic E-state index is 12.4. The van der Waals surface area contributed by atoms with Gasteiger partial charge in [0, 0.05) is 26.0 Å². The summed E-state index contributed by atoms with van der Waals surface area (Å²) in [5.74, 6) is -0.244. The summed E-state index contributed by atoms with van der Waals surface area (Å²) >= 11 is 0. The number of sulfone groups is 1. The predicted octanol–water partition coefficient (Wildman–Crippen LogP) is 0.953. The summed E-state index contributed by atoms with van der Waals surface area (Å²) in [7, 11) is -3.41.